The zero-order chi connectivity index (χ0) is 19.3. The van der Waals surface area contributed by atoms with Crippen LogP contribution >= 0.6 is 0 Å². The number of hydrogen-bond donors (Lipinski definition) is 0. The maximum atomic E-state index is 5.48. The summed E-state index contributed by atoms with van der Waals surface area (Å²) in [5.41, 5.74) is 4.27. The van der Waals surface area contributed by atoms with E-state index >= 15 is 0 Å². The summed E-state index contributed by atoms with van der Waals surface area (Å²) < 4.78 is 10.7. The molecule has 0 atom stereocenters. The molecule has 4 nitrogen and oxygen atoms in total. The Kier molecular flexibility index (Phi) is 6.06. The zero-order valence-electron chi connectivity index (χ0n) is 17.2. The van der Waals surface area contributed by atoms with Gasteiger partial charge in [-0.25, -0.2) is 0 Å². The number of benzene rings is 2. The maximum Gasteiger partial charge on any atom is 0.120 e. The highest BCUT2D eigenvalue weighted by atomic mass is 16.5. The lowest BCUT2D eigenvalue weighted by Gasteiger charge is -2.42. The van der Waals surface area contributed by atoms with Crippen molar-refractivity contribution < 1.29 is 9.47 Å². The number of aryl methyl sites for hydroxylation is 1. The van der Waals surface area contributed by atoms with Gasteiger partial charge in [-0.1, -0.05) is 18.2 Å². The van der Waals surface area contributed by atoms with E-state index in [2.05, 4.69) is 52.3 Å². The van der Waals surface area contributed by atoms with Crippen molar-refractivity contribution in [1.29, 1.82) is 0 Å². The second-order valence-electron chi connectivity index (χ2n) is 7.96. The molecule has 1 fully saturated rings. The van der Waals surface area contributed by atoms with Crippen LogP contribution in [0.4, 0.5) is 5.69 Å². The van der Waals surface area contributed by atoms with Crippen LogP contribution in [0.15, 0.2) is 42.5 Å². The van der Waals surface area contributed by atoms with Crippen LogP contribution in [0.25, 0.3) is 0 Å². The summed E-state index contributed by atoms with van der Waals surface area (Å²) in [6, 6.07) is 15.7. The molecule has 0 radical (unpaired) electrons. The van der Waals surface area contributed by atoms with Crippen molar-refractivity contribution in [3.05, 3.63) is 53.6 Å². The lowest BCUT2D eigenvalue weighted by atomic mass is 9.95. The summed E-state index contributed by atoms with van der Waals surface area (Å²) in [4.78, 5) is 5.28. The van der Waals surface area contributed by atoms with Crippen molar-refractivity contribution >= 4 is 5.69 Å². The Balaban J connectivity index is 1.32. The van der Waals surface area contributed by atoms with Gasteiger partial charge in [-0.3, -0.25) is 0 Å². The van der Waals surface area contributed by atoms with Gasteiger partial charge in [0.2, 0.25) is 0 Å². The van der Waals surface area contributed by atoms with E-state index in [0.29, 0.717) is 6.04 Å². The summed E-state index contributed by atoms with van der Waals surface area (Å²) in [6.45, 7) is 4.70. The Morgan fingerprint density at radius 2 is 1.61 bits per heavy atom. The molecule has 2 aliphatic rings. The van der Waals surface area contributed by atoms with Gasteiger partial charge in [0.15, 0.2) is 0 Å². The highest BCUT2D eigenvalue weighted by molar-refractivity contribution is 5.59. The maximum absolute atomic E-state index is 5.48. The Bertz CT molecular complexity index is 767. The Morgan fingerprint density at radius 1 is 0.893 bits per heavy atom. The van der Waals surface area contributed by atoms with Crippen molar-refractivity contribution in [1.82, 2.24) is 4.90 Å². The molecule has 0 bridgehead atoms. The van der Waals surface area contributed by atoms with Crippen LogP contribution in [0.2, 0.25) is 0 Å². The van der Waals surface area contributed by atoms with Gasteiger partial charge < -0.3 is 19.3 Å². The number of hydrogen-bond acceptors (Lipinski definition) is 4. The van der Waals surface area contributed by atoms with Crippen molar-refractivity contribution in [2.45, 2.75) is 38.1 Å². The molecule has 4 heteroatoms. The van der Waals surface area contributed by atoms with E-state index in [9.17, 15) is 0 Å². The molecular weight excluding hydrogens is 348 g/mol. The molecule has 2 aromatic rings. The number of anilines is 1. The minimum atomic E-state index is 0.656. The smallest absolute Gasteiger partial charge is 0.120 e. The van der Waals surface area contributed by atoms with Gasteiger partial charge in [-0.15, -0.1) is 0 Å². The molecule has 28 heavy (non-hydrogen) atoms. The fraction of sp³-hybridized carbons (Fsp3) is 0.500. The van der Waals surface area contributed by atoms with E-state index in [-0.39, 0.29) is 0 Å². The zero-order valence-corrected chi connectivity index (χ0v) is 17.2. The normalized spacial score (nSPS) is 18.0. The minimum absolute atomic E-state index is 0.656. The fourth-order valence-electron chi connectivity index (χ4n) is 4.62. The van der Waals surface area contributed by atoms with Gasteiger partial charge >= 0.3 is 0 Å². The lowest BCUT2D eigenvalue weighted by molar-refractivity contribution is 0.210. The van der Waals surface area contributed by atoms with E-state index in [1.54, 1.807) is 14.2 Å². The van der Waals surface area contributed by atoms with Gasteiger partial charge in [0.25, 0.3) is 0 Å². The summed E-state index contributed by atoms with van der Waals surface area (Å²) >= 11 is 0. The molecule has 1 saturated heterocycles. The molecule has 2 heterocycles. The third-order valence-corrected chi connectivity index (χ3v) is 6.32. The van der Waals surface area contributed by atoms with Crippen LogP contribution in [-0.4, -0.2) is 51.3 Å². The van der Waals surface area contributed by atoms with Gasteiger partial charge in [0.05, 0.1) is 14.2 Å². The molecule has 0 spiro atoms. The molecule has 4 rings (SSSR count). The molecule has 0 unspecified atom stereocenters. The van der Waals surface area contributed by atoms with E-state index in [4.69, 9.17) is 9.47 Å². The molecule has 0 N–H and O–H groups in total. The Hall–Kier alpha value is -2.20. The van der Waals surface area contributed by atoms with Gasteiger partial charge in [-0.05, 0) is 61.4 Å². The number of nitrogens with zero attached hydrogens (tertiary/aromatic N) is 2. The van der Waals surface area contributed by atoms with Crippen LogP contribution < -0.4 is 14.4 Å². The van der Waals surface area contributed by atoms with Crippen LogP contribution in [0, 0.1) is 0 Å². The van der Waals surface area contributed by atoms with Gasteiger partial charge in [0.1, 0.15) is 11.5 Å². The highest BCUT2D eigenvalue weighted by Gasteiger charge is 2.28. The molecule has 150 valence electrons. The first-order chi connectivity index (χ1) is 13.8. The quantitative estimate of drug-likeness (QED) is 0.751. The third-order valence-electron chi connectivity index (χ3n) is 6.32. The number of fused-ring (bicyclic) bond motifs is 1. The average Bonchev–Trinajstić information content (AvgIpc) is 2.77. The molecular formula is C24H32N2O2. The fourth-order valence-corrected chi connectivity index (χ4v) is 4.62. The monoisotopic (exact) mass is 380 g/mol. The Morgan fingerprint density at radius 3 is 2.32 bits per heavy atom. The summed E-state index contributed by atoms with van der Waals surface area (Å²) in [5, 5.41) is 0. The van der Waals surface area contributed by atoms with Crippen LogP contribution in [0.5, 0.6) is 11.5 Å². The second-order valence-corrected chi connectivity index (χ2v) is 7.96. The van der Waals surface area contributed by atoms with Crippen molar-refractivity contribution in [3.8, 4) is 11.5 Å². The highest BCUT2D eigenvalue weighted by Crippen LogP contribution is 2.34. The molecule has 2 aliphatic heterocycles. The van der Waals surface area contributed by atoms with Crippen molar-refractivity contribution in [2.75, 3.05) is 45.3 Å². The number of methoxy groups -OCH3 is 2. The van der Waals surface area contributed by atoms with Crippen LogP contribution in [-0.2, 0) is 12.8 Å². The van der Waals surface area contributed by atoms with Crippen LogP contribution in [0.1, 0.15) is 30.4 Å². The SMILES string of the molecule is COc1ccc(CCN2CCC(N3CCCc4ccc(OC)cc43)CC2)cc1. The largest absolute Gasteiger partial charge is 0.497 e. The van der Waals surface area contributed by atoms with E-state index in [0.717, 1.165) is 24.5 Å². The topological polar surface area (TPSA) is 24.9 Å². The van der Waals surface area contributed by atoms with E-state index in [1.807, 2.05) is 0 Å². The lowest BCUT2D eigenvalue weighted by Crippen LogP contribution is -2.47. The van der Waals surface area contributed by atoms with Crippen molar-refractivity contribution in [3.63, 3.8) is 0 Å². The molecule has 0 amide bonds. The predicted molar refractivity (Wildman–Crippen MR) is 115 cm³/mol. The Labute approximate surface area is 169 Å². The minimum Gasteiger partial charge on any atom is -0.497 e. The first-order valence-corrected chi connectivity index (χ1v) is 10.6. The van der Waals surface area contributed by atoms with Gasteiger partial charge in [-0.2, -0.15) is 0 Å². The summed E-state index contributed by atoms with van der Waals surface area (Å²) in [5.74, 6) is 1.91. The third kappa shape index (κ3) is 4.27. The number of rotatable bonds is 6. The molecule has 0 aliphatic carbocycles. The van der Waals surface area contributed by atoms with Crippen molar-refractivity contribution in [2.24, 2.45) is 0 Å². The summed E-state index contributed by atoms with van der Waals surface area (Å²) in [6.07, 6.45) is 6.06. The van der Waals surface area contributed by atoms with Gasteiger partial charge in [0, 0.05) is 44.0 Å². The molecule has 2 aromatic carbocycles. The average molecular weight is 381 g/mol. The second kappa shape index (κ2) is 8.87. The molecule has 0 saturated carbocycles. The number of piperidine rings is 1. The summed E-state index contributed by atoms with van der Waals surface area (Å²) in [7, 11) is 3.48. The number of likely N-dealkylation sites (tertiary alicyclic amines) is 1. The van der Waals surface area contributed by atoms with E-state index < -0.39 is 0 Å². The molecule has 0 aromatic heterocycles. The van der Waals surface area contributed by atoms with Crippen LogP contribution in [0.3, 0.4) is 0 Å². The standard InChI is InChI=1S/C24H32N2O2/c1-27-22-8-5-19(6-9-22)11-15-25-16-12-21(13-17-25)26-14-3-4-20-7-10-23(28-2)18-24(20)26/h5-10,18,21H,3-4,11-17H2,1-2H3. The predicted octanol–water partition coefficient (Wildman–Crippen LogP) is 4.16. The van der Waals surface area contributed by atoms with E-state index in [1.165, 1.54) is 62.1 Å². The first kappa shape index (κ1) is 19.1. The number of ether oxygens (including phenoxy) is 2. The first-order valence-electron chi connectivity index (χ1n) is 10.6.